The van der Waals surface area contributed by atoms with E-state index >= 15 is 0 Å². The van der Waals surface area contributed by atoms with E-state index in [0.717, 1.165) is 40.8 Å². The predicted molar refractivity (Wildman–Crippen MR) is 122 cm³/mol. The smallest absolute Gasteiger partial charge is 0.276 e. The molecule has 0 spiro atoms. The Labute approximate surface area is 179 Å². The van der Waals surface area contributed by atoms with Crippen LogP contribution in [0.3, 0.4) is 0 Å². The number of nitrogen functional groups attached to an aromatic ring is 1. The molecule has 8 heteroatoms. The topological polar surface area (TPSA) is 113 Å². The maximum Gasteiger partial charge on any atom is 0.276 e. The highest BCUT2D eigenvalue weighted by Crippen LogP contribution is 2.29. The van der Waals surface area contributed by atoms with Gasteiger partial charge < -0.3 is 16.0 Å². The Morgan fingerprint density at radius 3 is 2.68 bits per heavy atom. The molecule has 8 nitrogen and oxygen atoms in total. The molecule has 3 aromatic heterocycles. The highest BCUT2D eigenvalue weighted by Gasteiger charge is 2.16. The number of pyridine rings is 2. The number of H-pyrrole nitrogens is 1. The molecule has 1 fully saturated rings. The maximum atomic E-state index is 12.8. The van der Waals surface area contributed by atoms with Crippen LogP contribution in [0.5, 0.6) is 0 Å². The van der Waals surface area contributed by atoms with Gasteiger partial charge in [0.25, 0.3) is 5.91 Å². The maximum absolute atomic E-state index is 12.8. The third kappa shape index (κ3) is 3.92. The Balaban J connectivity index is 1.45. The van der Waals surface area contributed by atoms with Crippen molar-refractivity contribution in [2.45, 2.75) is 19.3 Å². The Morgan fingerprint density at radius 1 is 1.00 bits per heavy atom. The highest BCUT2D eigenvalue weighted by atomic mass is 16.1. The summed E-state index contributed by atoms with van der Waals surface area (Å²) in [5, 5.41) is 10.7. The first kappa shape index (κ1) is 19.0. The molecule has 0 radical (unpaired) electrons. The van der Waals surface area contributed by atoms with E-state index in [1.807, 2.05) is 30.6 Å². The number of carbonyl (C=O) groups excluding carboxylic acids is 1. The van der Waals surface area contributed by atoms with Crippen molar-refractivity contribution in [3.05, 3.63) is 60.7 Å². The summed E-state index contributed by atoms with van der Waals surface area (Å²) < 4.78 is 0. The van der Waals surface area contributed by atoms with Crippen molar-refractivity contribution in [3.8, 4) is 11.1 Å². The standard InChI is InChI=1S/C23H23N7O/c24-21-7-5-17(13-26-21)27-23(31)22-19-11-15(4-6-20(19)28-29-22)16-10-18(14-25-12-16)30-8-2-1-3-9-30/h4-7,10-14H,1-3,8-9H2,(H2,24,26)(H,27,31)(H,28,29). The molecule has 0 atom stereocenters. The van der Waals surface area contributed by atoms with Gasteiger partial charge in [0.1, 0.15) is 5.82 Å². The molecule has 1 amide bonds. The number of nitrogens with two attached hydrogens (primary N) is 1. The number of aromatic amines is 1. The number of hydrogen-bond donors (Lipinski definition) is 3. The number of benzene rings is 1. The van der Waals surface area contributed by atoms with Crippen LogP contribution in [-0.4, -0.2) is 39.2 Å². The fraction of sp³-hybridized carbons (Fsp3) is 0.217. The Kier molecular flexibility index (Phi) is 4.95. The third-order valence-electron chi connectivity index (χ3n) is 5.60. The van der Waals surface area contributed by atoms with E-state index in [-0.39, 0.29) is 5.91 Å². The van der Waals surface area contributed by atoms with Crippen LogP contribution in [0.2, 0.25) is 0 Å². The SMILES string of the molecule is Nc1ccc(NC(=O)c2n[nH]c3ccc(-c4cncc(N5CCCCC5)c4)cc23)cn1. The quantitative estimate of drug-likeness (QED) is 0.468. The number of rotatable bonds is 4. The monoisotopic (exact) mass is 413 g/mol. The van der Waals surface area contributed by atoms with Crippen molar-refractivity contribution in [1.82, 2.24) is 20.2 Å². The van der Waals surface area contributed by atoms with Gasteiger partial charge in [0.15, 0.2) is 5.69 Å². The minimum Gasteiger partial charge on any atom is -0.384 e. The van der Waals surface area contributed by atoms with Crippen LogP contribution in [0, 0.1) is 0 Å². The summed E-state index contributed by atoms with van der Waals surface area (Å²) in [5.41, 5.74) is 10.4. The van der Waals surface area contributed by atoms with Gasteiger partial charge in [-0.05, 0) is 55.2 Å². The summed E-state index contributed by atoms with van der Waals surface area (Å²) >= 11 is 0. The van der Waals surface area contributed by atoms with Gasteiger partial charge in [0.2, 0.25) is 0 Å². The minimum absolute atomic E-state index is 0.310. The molecule has 1 aliphatic rings. The number of amides is 1. The number of anilines is 3. The zero-order valence-corrected chi connectivity index (χ0v) is 17.0. The van der Waals surface area contributed by atoms with Gasteiger partial charge in [-0.3, -0.25) is 14.9 Å². The van der Waals surface area contributed by atoms with Crippen LogP contribution < -0.4 is 16.0 Å². The molecule has 1 aliphatic heterocycles. The second-order valence-electron chi connectivity index (χ2n) is 7.74. The van der Waals surface area contributed by atoms with E-state index in [4.69, 9.17) is 5.73 Å². The fourth-order valence-corrected chi connectivity index (χ4v) is 3.95. The molecule has 156 valence electrons. The van der Waals surface area contributed by atoms with Gasteiger partial charge in [-0.1, -0.05) is 6.07 Å². The average molecular weight is 413 g/mol. The van der Waals surface area contributed by atoms with Crippen molar-refractivity contribution >= 4 is 34.0 Å². The molecule has 1 saturated heterocycles. The average Bonchev–Trinajstić information content (AvgIpc) is 3.25. The van der Waals surface area contributed by atoms with Gasteiger partial charge in [-0.25, -0.2) is 4.98 Å². The Morgan fingerprint density at radius 2 is 1.87 bits per heavy atom. The fourth-order valence-electron chi connectivity index (χ4n) is 3.95. The van der Waals surface area contributed by atoms with Crippen LogP contribution in [0.25, 0.3) is 22.0 Å². The van der Waals surface area contributed by atoms with Crippen LogP contribution in [-0.2, 0) is 0 Å². The number of nitrogens with one attached hydrogen (secondary N) is 2. The molecular weight excluding hydrogens is 390 g/mol. The second-order valence-corrected chi connectivity index (χ2v) is 7.74. The first-order valence-electron chi connectivity index (χ1n) is 10.4. The first-order chi connectivity index (χ1) is 15.2. The van der Waals surface area contributed by atoms with Crippen molar-refractivity contribution in [1.29, 1.82) is 0 Å². The number of nitrogens with zero attached hydrogens (tertiary/aromatic N) is 4. The lowest BCUT2D eigenvalue weighted by molar-refractivity contribution is 0.102. The summed E-state index contributed by atoms with van der Waals surface area (Å²) in [6.45, 7) is 2.13. The number of carbonyl (C=O) groups is 1. The van der Waals surface area contributed by atoms with E-state index in [0.29, 0.717) is 17.2 Å². The molecule has 0 unspecified atom stereocenters. The van der Waals surface area contributed by atoms with E-state index in [1.165, 1.54) is 25.5 Å². The largest absolute Gasteiger partial charge is 0.384 e. The summed E-state index contributed by atoms with van der Waals surface area (Å²) in [7, 11) is 0. The second kappa shape index (κ2) is 8.06. The lowest BCUT2D eigenvalue weighted by atomic mass is 10.0. The summed E-state index contributed by atoms with van der Waals surface area (Å²) in [4.78, 5) is 23.7. The molecule has 31 heavy (non-hydrogen) atoms. The predicted octanol–water partition coefficient (Wildman–Crippen LogP) is 3.84. The van der Waals surface area contributed by atoms with E-state index in [1.54, 1.807) is 12.1 Å². The van der Waals surface area contributed by atoms with Crippen molar-refractivity contribution in [2.24, 2.45) is 0 Å². The number of fused-ring (bicyclic) bond motifs is 1. The van der Waals surface area contributed by atoms with Crippen LogP contribution in [0.4, 0.5) is 17.2 Å². The number of aromatic nitrogens is 4. The van der Waals surface area contributed by atoms with Crippen LogP contribution >= 0.6 is 0 Å². The van der Waals surface area contributed by atoms with Crippen molar-refractivity contribution in [2.75, 3.05) is 29.0 Å². The van der Waals surface area contributed by atoms with Crippen LogP contribution in [0.15, 0.2) is 55.0 Å². The zero-order chi connectivity index (χ0) is 21.2. The zero-order valence-electron chi connectivity index (χ0n) is 17.0. The molecule has 5 rings (SSSR count). The summed E-state index contributed by atoms with van der Waals surface area (Å²) in [5.74, 6) is 0.0865. The summed E-state index contributed by atoms with van der Waals surface area (Å²) in [6, 6.07) is 11.4. The van der Waals surface area contributed by atoms with Gasteiger partial charge >= 0.3 is 0 Å². The van der Waals surface area contributed by atoms with Gasteiger partial charge in [-0.2, -0.15) is 5.10 Å². The van der Waals surface area contributed by atoms with E-state index in [2.05, 4.69) is 36.4 Å². The first-order valence-corrected chi connectivity index (χ1v) is 10.4. The molecule has 1 aromatic carbocycles. The molecular formula is C23H23N7O. The van der Waals surface area contributed by atoms with Gasteiger partial charge in [0, 0.05) is 30.2 Å². The normalized spacial score (nSPS) is 14.0. The van der Waals surface area contributed by atoms with Gasteiger partial charge in [0.05, 0.1) is 29.3 Å². The molecule has 0 aliphatic carbocycles. The molecule has 0 saturated carbocycles. The molecule has 4 heterocycles. The van der Waals surface area contributed by atoms with E-state index in [9.17, 15) is 4.79 Å². The van der Waals surface area contributed by atoms with Crippen LogP contribution in [0.1, 0.15) is 29.8 Å². The highest BCUT2D eigenvalue weighted by molar-refractivity contribution is 6.11. The van der Waals surface area contributed by atoms with Crippen molar-refractivity contribution < 1.29 is 4.79 Å². The molecule has 0 bridgehead atoms. The summed E-state index contributed by atoms with van der Waals surface area (Å²) in [6.07, 6.45) is 9.02. The Bertz CT molecular complexity index is 1230. The van der Waals surface area contributed by atoms with Crippen molar-refractivity contribution in [3.63, 3.8) is 0 Å². The molecule has 4 N–H and O–H groups in total. The number of piperidine rings is 1. The van der Waals surface area contributed by atoms with E-state index < -0.39 is 0 Å². The Hall–Kier alpha value is -3.94. The van der Waals surface area contributed by atoms with Gasteiger partial charge in [-0.15, -0.1) is 0 Å². The molecule has 4 aromatic rings. The lowest BCUT2D eigenvalue weighted by Gasteiger charge is -2.28. The number of hydrogen-bond acceptors (Lipinski definition) is 6. The minimum atomic E-state index is -0.310. The third-order valence-corrected chi connectivity index (χ3v) is 5.60. The lowest BCUT2D eigenvalue weighted by Crippen LogP contribution is -2.29.